The topological polar surface area (TPSA) is 71.8 Å². The maximum atomic E-state index is 12.6. The normalized spacial score (nSPS) is 19.3. The largest absolute Gasteiger partial charge is 0.451 e. The van der Waals surface area contributed by atoms with Crippen molar-refractivity contribution in [3.63, 3.8) is 0 Å². The van der Waals surface area contributed by atoms with Crippen molar-refractivity contribution in [1.29, 1.82) is 0 Å². The number of furan rings is 1. The summed E-state index contributed by atoms with van der Waals surface area (Å²) in [6, 6.07) is 16.6. The van der Waals surface area contributed by atoms with Crippen molar-refractivity contribution >= 4 is 28.5 Å². The van der Waals surface area contributed by atoms with Crippen molar-refractivity contribution in [2.45, 2.75) is 32.4 Å². The van der Waals surface area contributed by atoms with E-state index in [1.807, 2.05) is 55.1 Å². The number of anilines is 1. The van der Waals surface area contributed by atoms with E-state index in [1.165, 1.54) is 0 Å². The van der Waals surface area contributed by atoms with Gasteiger partial charge in [0.15, 0.2) is 5.76 Å². The molecule has 2 aromatic carbocycles. The average Bonchev–Trinajstić information content (AvgIpc) is 3.16. The molecule has 1 aliphatic rings. The minimum Gasteiger partial charge on any atom is -0.451 e. The second-order valence-electron chi connectivity index (χ2n) is 7.52. The number of carbonyl (C=O) groups excluding carboxylic acids is 2. The fourth-order valence-electron chi connectivity index (χ4n) is 3.52. The molecule has 1 aliphatic heterocycles. The van der Waals surface area contributed by atoms with Crippen molar-refractivity contribution in [2.24, 2.45) is 0 Å². The van der Waals surface area contributed by atoms with Gasteiger partial charge in [0.2, 0.25) is 5.91 Å². The molecule has 1 aromatic heterocycles. The van der Waals surface area contributed by atoms with Gasteiger partial charge in [0.25, 0.3) is 5.91 Å². The molecule has 2 amide bonds. The van der Waals surface area contributed by atoms with Crippen LogP contribution in [0.4, 0.5) is 5.69 Å². The molecule has 29 heavy (non-hydrogen) atoms. The predicted molar refractivity (Wildman–Crippen MR) is 111 cm³/mol. The first-order valence-electron chi connectivity index (χ1n) is 9.79. The van der Waals surface area contributed by atoms with Crippen LogP contribution < -0.4 is 5.32 Å². The highest BCUT2D eigenvalue weighted by molar-refractivity contribution is 6.04. The second kappa shape index (κ2) is 8.09. The molecule has 2 unspecified atom stereocenters. The number of hydrogen-bond acceptors (Lipinski definition) is 4. The molecule has 0 saturated carbocycles. The number of carbonyl (C=O) groups is 2. The first-order chi connectivity index (χ1) is 14.0. The maximum Gasteiger partial charge on any atom is 0.291 e. The van der Waals surface area contributed by atoms with Crippen LogP contribution in [0.5, 0.6) is 0 Å². The predicted octanol–water partition coefficient (Wildman–Crippen LogP) is 3.86. The Morgan fingerprint density at radius 1 is 1.10 bits per heavy atom. The fraction of sp³-hybridized carbons (Fsp3) is 0.304. The third-order valence-corrected chi connectivity index (χ3v) is 5.14. The van der Waals surface area contributed by atoms with Crippen LogP contribution >= 0.6 is 0 Å². The van der Waals surface area contributed by atoms with Crippen molar-refractivity contribution in [3.05, 3.63) is 65.9 Å². The quantitative estimate of drug-likeness (QED) is 0.732. The summed E-state index contributed by atoms with van der Waals surface area (Å²) >= 11 is 0. The zero-order valence-corrected chi connectivity index (χ0v) is 16.6. The smallest absolute Gasteiger partial charge is 0.291 e. The van der Waals surface area contributed by atoms with E-state index in [4.69, 9.17) is 9.15 Å². The summed E-state index contributed by atoms with van der Waals surface area (Å²) in [5.74, 6) is 0.0498. The van der Waals surface area contributed by atoms with Gasteiger partial charge in [0.1, 0.15) is 5.58 Å². The highest BCUT2D eigenvalue weighted by Crippen LogP contribution is 2.20. The zero-order valence-electron chi connectivity index (χ0n) is 16.6. The Morgan fingerprint density at radius 3 is 2.62 bits per heavy atom. The van der Waals surface area contributed by atoms with Gasteiger partial charge in [-0.3, -0.25) is 9.59 Å². The lowest BCUT2D eigenvalue weighted by atomic mass is 10.1. The van der Waals surface area contributed by atoms with Crippen LogP contribution in [-0.2, 0) is 16.0 Å². The van der Waals surface area contributed by atoms with Crippen LogP contribution in [0.15, 0.2) is 59.0 Å². The summed E-state index contributed by atoms with van der Waals surface area (Å²) in [6.07, 6.45) is 0.389. The summed E-state index contributed by atoms with van der Waals surface area (Å²) in [5, 5.41) is 3.72. The summed E-state index contributed by atoms with van der Waals surface area (Å²) in [7, 11) is 0. The SMILES string of the molecule is CC1CN(C(=O)Cc2ccc(NC(=O)c3cc4ccccc4o3)cc2)C(C)CO1. The van der Waals surface area contributed by atoms with Gasteiger partial charge in [-0.25, -0.2) is 0 Å². The van der Waals surface area contributed by atoms with Gasteiger partial charge >= 0.3 is 0 Å². The summed E-state index contributed by atoms with van der Waals surface area (Å²) in [5.41, 5.74) is 2.24. The van der Waals surface area contributed by atoms with E-state index >= 15 is 0 Å². The lowest BCUT2D eigenvalue weighted by Crippen LogP contribution is -2.50. The Morgan fingerprint density at radius 2 is 1.86 bits per heavy atom. The van der Waals surface area contributed by atoms with Crippen LogP contribution in [0.1, 0.15) is 30.0 Å². The van der Waals surface area contributed by atoms with Crippen LogP contribution in [0.3, 0.4) is 0 Å². The number of morpholine rings is 1. The van der Waals surface area contributed by atoms with Gasteiger partial charge in [-0.1, -0.05) is 30.3 Å². The number of nitrogens with zero attached hydrogens (tertiary/aromatic N) is 1. The van der Waals surface area contributed by atoms with Gasteiger partial charge in [-0.05, 0) is 43.7 Å². The van der Waals surface area contributed by atoms with Crippen molar-refractivity contribution < 1.29 is 18.7 Å². The van der Waals surface area contributed by atoms with Crippen LogP contribution in [0.2, 0.25) is 0 Å². The molecule has 0 bridgehead atoms. The molecule has 1 saturated heterocycles. The Hall–Kier alpha value is -3.12. The molecule has 1 fully saturated rings. The molecule has 150 valence electrons. The molecule has 4 rings (SSSR count). The number of amides is 2. The highest BCUT2D eigenvalue weighted by Gasteiger charge is 2.27. The third kappa shape index (κ3) is 4.32. The van der Waals surface area contributed by atoms with Gasteiger partial charge < -0.3 is 19.4 Å². The van der Waals surface area contributed by atoms with E-state index in [0.717, 1.165) is 10.9 Å². The number of benzene rings is 2. The molecule has 6 nitrogen and oxygen atoms in total. The minimum atomic E-state index is -0.304. The first kappa shape index (κ1) is 19.2. The van der Waals surface area contributed by atoms with Crippen molar-refractivity contribution in [3.8, 4) is 0 Å². The molecule has 0 spiro atoms. The van der Waals surface area contributed by atoms with E-state index in [0.29, 0.717) is 30.8 Å². The molecular weight excluding hydrogens is 368 g/mol. The minimum absolute atomic E-state index is 0.0611. The summed E-state index contributed by atoms with van der Waals surface area (Å²) < 4.78 is 11.2. The van der Waals surface area contributed by atoms with Crippen LogP contribution in [0, 0.1) is 0 Å². The van der Waals surface area contributed by atoms with Crippen LogP contribution in [0.25, 0.3) is 11.0 Å². The molecule has 0 radical (unpaired) electrons. The van der Waals surface area contributed by atoms with E-state index in [2.05, 4.69) is 5.32 Å². The van der Waals surface area contributed by atoms with Gasteiger partial charge in [-0.15, -0.1) is 0 Å². The molecule has 3 aromatic rings. The average molecular weight is 392 g/mol. The lowest BCUT2D eigenvalue weighted by molar-refractivity contribution is -0.142. The summed E-state index contributed by atoms with van der Waals surface area (Å²) in [4.78, 5) is 27.0. The van der Waals surface area contributed by atoms with Gasteiger partial charge in [-0.2, -0.15) is 0 Å². The number of fused-ring (bicyclic) bond motifs is 1. The number of rotatable bonds is 4. The Labute approximate surface area is 169 Å². The Balaban J connectivity index is 1.38. The van der Waals surface area contributed by atoms with Crippen LogP contribution in [-0.4, -0.2) is 42.0 Å². The summed E-state index contributed by atoms with van der Waals surface area (Å²) in [6.45, 7) is 5.16. The molecular formula is C23H24N2O4. The first-order valence-corrected chi connectivity index (χ1v) is 9.79. The molecule has 2 heterocycles. The molecule has 0 aliphatic carbocycles. The number of ether oxygens (including phenoxy) is 1. The number of para-hydroxylation sites is 1. The molecule has 1 N–H and O–H groups in total. The van der Waals surface area contributed by atoms with Crippen molar-refractivity contribution in [2.75, 3.05) is 18.5 Å². The van der Waals surface area contributed by atoms with Gasteiger partial charge in [0, 0.05) is 17.6 Å². The zero-order chi connectivity index (χ0) is 20.4. The standard InChI is InChI=1S/C23H24N2O4/c1-15-14-28-16(2)13-25(15)22(26)11-17-7-9-19(10-8-17)24-23(27)21-12-18-5-3-4-6-20(18)29-21/h3-10,12,15-16H,11,13-14H2,1-2H3,(H,24,27). The van der Waals surface area contributed by atoms with E-state index in [1.54, 1.807) is 18.2 Å². The van der Waals surface area contributed by atoms with Crippen molar-refractivity contribution in [1.82, 2.24) is 4.90 Å². The van der Waals surface area contributed by atoms with E-state index in [-0.39, 0.29) is 29.7 Å². The number of hydrogen-bond donors (Lipinski definition) is 1. The van der Waals surface area contributed by atoms with Gasteiger partial charge in [0.05, 0.1) is 25.2 Å². The fourth-order valence-corrected chi connectivity index (χ4v) is 3.52. The Kier molecular flexibility index (Phi) is 5.36. The van der Waals surface area contributed by atoms with E-state index < -0.39 is 0 Å². The monoisotopic (exact) mass is 392 g/mol. The Bertz CT molecular complexity index is 992. The maximum absolute atomic E-state index is 12.6. The molecule has 6 heteroatoms. The lowest BCUT2D eigenvalue weighted by Gasteiger charge is -2.37. The second-order valence-corrected chi connectivity index (χ2v) is 7.52. The number of nitrogens with one attached hydrogen (secondary N) is 1. The van der Waals surface area contributed by atoms with E-state index in [9.17, 15) is 9.59 Å². The highest BCUT2D eigenvalue weighted by atomic mass is 16.5. The molecule has 2 atom stereocenters. The third-order valence-electron chi connectivity index (χ3n) is 5.14.